The third-order valence-corrected chi connectivity index (χ3v) is 5.63. The third kappa shape index (κ3) is 5.15. The molecule has 3 aromatic rings. The average molecular weight is 452 g/mol. The zero-order valence-corrected chi connectivity index (χ0v) is 18.6. The second-order valence-corrected chi connectivity index (χ2v) is 8.25. The second kappa shape index (κ2) is 9.93. The minimum Gasteiger partial charge on any atom is -0.351 e. The summed E-state index contributed by atoms with van der Waals surface area (Å²) < 4.78 is 1.73. The standard InChI is InChI=1S/C23H26ClN7O/c1-15-12-26-23(28-18-8-3-2-4-9-18)30-21(15)31-13-20(27-14-31)22(32)29-19(11-25)16-6-5-7-17(24)10-16/h2-3,5-7,10,12-14,18-19H,4,8-9,11,25H2,1H3,(H,29,32)(H,26,28,30)/t18?,19-/m1/s1. The Hall–Kier alpha value is -3.23. The smallest absolute Gasteiger partial charge is 0.272 e. The molecule has 166 valence electrons. The van der Waals surface area contributed by atoms with E-state index >= 15 is 0 Å². The van der Waals surface area contributed by atoms with Crippen LogP contribution in [0.1, 0.15) is 46.9 Å². The summed E-state index contributed by atoms with van der Waals surface area (Å²) in [6, 6.07) is 7.23. The van der Waals surface area contributed by atoms with Crippen LogP contribution in [0.5, 0.6) is 0 Å². The Balaban J connectivity index is 1.49. The normalized spacial score (nSPS) is 16.5. The Kier molecular flexibility index (Phi) is 6.82. The number of aryl methyl sites for hydroxylation is 1. The van der Waals surface area contributed by atoms with Gasteiger partial charge < -0.3 is 16.4 Å². The van der Waals surface area contributed by atoms with Gasteiger partial charge in [-0.25, -0.2) is 9.97 Å². The second-order valence-electron chi connectivity index (χ2n) is 7.81. The maximum absolute atomic E-state index is 12.8. The summed E-state index contributed by atoms with van der Waals surface area (Å²) in [7, 11) is 0. The minimum absolute atomic E-state index is 0.239. The van der Waals surface area contributed by atoms with E-state index in [0.29, 0.717) is 22.8 Å². The van der Waals surface area contributed by atoms with Gasteiger partial charge in [0.1, 0.15) is 17.8 Å². The molecule has 8 nitrogen and oxygen atoms in total. The van der Waals surface area contributed by atoms with Crippen LogP contribution < -0.4 is 16.4 Å². The van der Waals surface area contributed by atoms with Crippen molar-refractivity contribution in [1.82, 2.24) is 24.8 Å². The van der Waals surface area contributed by atoms with Crippen molar-refractivity contribution in [3.8, 4) is 5.82 Å². The summed E-state index contributed by atoms with van der Waals surface area (Å²) in [4.78, 5) is 26.1. The molecule has 2 atom stereocenters. The Labute approximate surface area is 191 Å². The highest BCUT2D eigenvalue weighted by Gasteiger charge is 2.18. The number of nitrogens with two attached hydrogens (primary N) is 1. The Morgan fingerprint density at radius 3 is 2.97 bits per heavy atom. The van der Waals surface area contributed by atoms with E-state index in [9.17, 15) is 4.79 Å². The number of carbonyl (C=O) groups is 1. The highest BCUT2D eigenvalue weighted by Crippen LogP contribution is 2.19. The van der Waals surface area contributed by atoms with E-state index in [1.807, 2.05) is 19.1 Å². The molecule has 4 rings (SSSR count). The minimum atomic E-state index is -0.368. The first-order chi connectivity index (χ1) is 15.5. The monoisotopic (exact) mass is 451 g/mol. The lowest BCUT2D eigenvalue weighted by Gasteiger charge is -2.19. The van der Waals surface area contributed by atoms with E-state index in [-0.39, 0.29) is 24.2 Å². The Morgan fingerprint density at radius 1 is 1.34 bits per heavy atom. The van der Waals surface area contributed by atoms with Crippen LogP contribution in [-0.4, -0.2) is 38.0 Å². The summed E-state index contributed by atoms with van der Waals surface area (Å²) in [6.45, 7) is 2.16. The van der Waals surface area contributed by atoms with Gasteiger partial charge in [-0.3, -0.25) is 9.36 Å². The molecule has 9 heteroatoms. The molecule has 0 bridgehead atoms. The van der Waals surface area contributed by atoms with Gasteiger partial charge in [0, 0.05) is 35.6 Å². The number of benzene rings is 1. The van der Waals surface area contributed by atoms with E-state index in [2.05, 4.69) is 37.7 Å². The fourth-order valence-corrected chi connectivity index (χ4v) is 3.86. The molecule has 1 aromatic carbocycles. The molecule has 0 saturated heterocycles. The number of anilines is 1. The Bertz CT molecular complexity index is 1130. The highest BCUT2D eigenvalue weighted by atomic mass is 35.5. The quantitative estimate of drug-likeness (QED) is 0.473. The predicted octanol–water partition coefficient (Wildman–Crippen LogP) is 3.57. The highest BCUT2D eigenvalue weighted by molar-refractivity contribution is 6.30. The fourth-order valence-electron chi connectivity index (χ4n) is 3.66. The number of rotatable bonds is 7. The van der Waals surface area contributed by atoms with Crippen LogP contribution in [0.25, 0.3) is 5.82 Å². The first-order valence-electron chi connectivity index (χ1n) is 10.6. The molecule has 32 heavy (non-hydrogen) atoms. The lowest BCUT2D eigenvalue weighted by atomic mass is 10.0. The number of hydrogen-bond acceptors (Lipinski definition) is 6. The van der Waals surface area contributed by atoms with Gasteiger partial charge in [0.25, 0.3) is 5.91 Å². The SMILES string of the molecule is Cc1cnc(NC2CC=CCC2)nc1-n1cnc(C(=O)N[C@H](CN)c2cccc(Cl)c2)c1. The van der Waals surface area contributed by atoms with Crippen molar-refractivity contribution >= 4 is 23.5 Å². The molecule has 0 saturated carbocycles. The summed E-state index contributed by atoms with van der Waals surface area (Å²) in [6.07, 6.45) is 12.4. The molecule has 2 heterocycles. The zero-order valence-electron chi connectivity index (χ0n) is 17.8. The number of halogens is 1. The molecular formula is C23H26ClN7O. The molecule has 1 unspecified atom stereocenters. The van der Waals surface area contributed by atoms with Crippen molar-refractivity contribution in [1.29, 1.82) is 0 Å². The topological polar surface area (TPSA) is 111 Å². The number of hydrogen-bond donors (Lipinski definition) is 3. The zero-order chi connectivity index (χ0) is 22.5. The van der Waals surface area contributed by atoms with Crippen LogP contribution in [0.4, 0.5) is 5.95 Å². The number of aromatic nitrogens is 4. The third-order valence-electron chi connectivity index (χ3n) is 5.40. The maximum atomic E-state index is 12.8. The van der Waals surface area contributed by atoms with Gasteiger partial charge >= 0.3 is 0 Å². The van der Waals surface area contributed by atoms with Crippen molar-refractivity contribution < 1.29 is 4.79 Å². The molecule has 1 amide bonds. The first kappa shape index (κ1) is 22.0. The van der Waals surface area contributed by atoms with Crippen molar-refractivity contribution in [3.05, 3.63) is 77.0 Å². The molecule has 2 aromatic heterocycles. The lowest BCUT2D eigenvalue weighted by molar-refractivity contribution is 0.0933. The summed E-state index contributed by atoms with van der Waals surface area (Å²) in [5.41, 5.74) is 7.87. The van der Waals surface area contributed by atoms with Crippen molar-refractivity contribution in [3.63, 3.8) is 0 Å². The van der Waals surface area contributed by atoms with Crippen LogP contribution in [0.15, 0.2) is 55.1 Å². The number of nitrogens with zero attached hydrogens (tertiary/aromatic N) is 4. The van der Waals surface area contributed by atoms with E-state index in [0.717, 1.165) is 30.4 Å². The number of carbonyl (C=O) groups excluding carboxylic acids is 1. The molecule has 0 fully saturated rings. The number of imidazole rings is 1. The fraction of sp³-hybridized carbons (Fsp3) is 0.304. The van der Waals surface area contributed by atoms with Crippen molar-refractivity contribution in [2.45, 2.75) is 38.3 Å². The molecule has 0 radical (unpaired) electrons. The molecule has 4 N–H and O–H groups in total. The van der Waals surface area contributed by atoms with Gasteiger partial charge in [-0.1, -0.05) is 35.9 Å². The largest absolute Gasteiger partial charge is 0.351 e. The van der Waals surface area contributed by atoms with E-state index in [1.165, 1.54) is 0 Å². The Morgan fingerprint density at radius 2 is 2.22 bits per heavy atom. The van der Waals surface area contributed by atoms with E-state index in [1.54, 1.807) is 35.4 Å². The summed E-state index contributed by atoms with van der Waals surface area (Å²) in [5, 5.41) is 6.90. The number of amides is 1. The summed E-state index contributed by atoms with van der Waals surface area (Å²) in [5.74, 6) is 0.915. The van der Waals surface area contributed by atoms with Gasteiger partial charge in [0.2, 0.25) is 5.95 Å². The van der Waals surface area contributed by atoms with Crippen LogP contribution in [0.2, 0.25) is 5.02 Å². The molecule has 1 aliphatic rings. The van der Waals surface area contributed by atoms with Crippen molar-refractivity contribution in [2.24, 2.45) is 5.73 Å². The van der Waals surface area contributed by atoms with Crippen LogP contribution in [0.3, 0.4) is 0 Å². The van der Waals surface area contributed by atoms with Gasteiger partial charge in [0.05, 0.1) is 6.04 Å². The van der Waals surface area contributed by atoms with Gasteiger partial charge in [-0.05, 0) is 43.9 Å². The van der Waals surface area contributed by atoms with Gasteiger partial charge in [-0.2, -0.15) is 4.98 Å². The summed E-state index contributed by atoms with van der Waals surface area (Å²) >= 11 is 6.07. The van der Waals surface area contributed by atoms with Crippen LogP contribution in [-0.2, 0) is 0 Å². The van der Waals surface area contributed by atoms with Crippen LogP contribution in [0, 0.1) is 6.92 Å². The predicted molar refractivity (Wildman–Crippen MR) is 125 cm³/mol. The average Bonchev–Trinajstić information content (AvgIpc) is 3.29. The van der Waals surface area contributed by atoms with E-state index < -0.39 is 0 Å². The van der Waals surface area contributed by atoms with Crippen LogP contribution >= 0.6 is 11.6 Å². The molecule has 1 aliphatic carbocycles. The van der Waals surface area contributed by atoms with Gasteiger partial charge in [0.15, 0.2) is 0 Å². The molecular weight excluding hydrogens is 426 g/mol. The van der Waals surface area contributed by atoms with Gasteiger partial charge in [-0.15, -0.1) is 0 Å². The molecule has 0 spiro atoms. The molecule has 0 aliphatic heterocycles. The lowest BCUT2D eigenvalue weighted by Crippen LogP contribution is -2.33. The van der Waals surface area contributed by atoms with E-state index in [4.69, 9.17) is 17.3 Å². The first-order valence-corrected chi connectivity index (χ1v) is 11.0. The van der Waals surface area contributed by atoms with Crippen molar-refractivity contribution in [2.75, 3.05) is 11.9 Å². The number of allylic oxidation sites excluding steroid dienone is 1. The number of nitrogens with one attached hydrogen (secondary N) is 2. The maximum Gasteiger partial charge on any atom is 0.272 e.